The van der Waals surface area contributed by atoms with Gasteiger partial charge in [0.1, 0.15) is 0 Å². The van der Waals surface area contributed by atoms with Gasteiger partial charge in [0.25, 0.3) is 5.91 Å². The van der Waals surface area contributed by atoms with Crippen LogP contribution in [-0.2, 0) is 11.6 Å². The quantitative estimate of drug-likeness (QED) is 0.892. The molecular weight excluding hydrogens is 315 g/mol. The Morgan fingerprint density at radius 3 is 2.25 bits per heavy atom. The van der Waals surface area contributed by atoms with Crippen molar-refractivity contribution in [2.45, 2.75) is 36.4 Å². The van der Waals surface area contributed by atoms with Gasteiger partial charge in [-0.2, -0.15) is 13.2 Å². The molecule has 0 heterocycles. The molecule has 1 N–H and O–H groups in total. The Bertz CT molecular complexity index is 778. The molecule has 0 aromatic heterocycles. The van der Waals surface area contributed by atoms with Crippen LogP contribution in [0.1, 0.15) is 40.7 Å². The summed E-state index contributed by atoms with van der Waals surface area (Å²) in [6.07, 6.45) is -1.87. The lowest BCUT2D eigenvalue weighted by Gasteiger charge is -2.71. The van der Waals surface area contributed by atoms with Gasteiger partial charge in [-0.25, -0.2) is 0 Å². The van der Waals surface area contributed by atoms with E-state index in [2.05, 4.69) is 17.4 Å². The maximum atomic E-state index is 12.8. The summed E-state index contributed by atoms with van der Waals surface area (Å²) < 4.78 is 38.3. The van der Waals surface area contributed by atoms with Gasteiger partial charge in [-0.3, -0.25) is 4.79 Å². The predicted octanol–water partition coefficient (Wildman–Crippen LogP) is 4.31. The first-order chi connectivity index (χ1) is 11.3. The number of carbonyl (C=O) groups excluding carboxylic acids is 1. The minimum atomic E-state index is -4.44. The second-order valence-corrected chi connectivity index (χ2v) is 6.99. The Morgan fingerprint density at radius 1 is 0.958 bits per heavy atom. The predicted molar refractivity (Wildman–Crippen MR) is 83.6 cm³/mol. The number of nitrogens with one attached hydrogen (secondary N) is 1. The van der Waals surface area contributed by atoms with Crippen molar-refractivity contribution in [3.8, 4) is 0 Å². The van der Waals surface area contributed by atoms with E-state index in [0.717, 1.165) is 31.4 Å². The average Bonchev–Trinajstić information content (AvgIpc) is 2.49. The van der Waals surface area contributed by atoms with Crippen LogP contribution in [0.15, 0.2) is 54.6 Å². The molecule has 2 aromatic carbocycles. The van der Waals surface area contributed by atoms with E-state index in [1.165, 1.54) is 17.7 Å². The fourth-order valence-corrected chi connectivity index (χ4v) is 4.17. The van der Waals surface area contributed by atoms with Crippen LogP contribution in [0, 0.1) is 0 Å². The van der Waals surface area contributed by atoms with Crippen molar-refractivity contribution in [1.82, 2.24) is 5.32 Å². The van der Waals surface area contributed by atoms with Gasteiger partial charge in [0.15, 0.2) is 0 Å². The molecule has 124 valence electrons. The maximum absolute atomic E-state index is 12.8. The van der Waals surface area contributed by atoms with E-state index < -0.39 is 17.6 Å². The smallest absolute Gasteiger partial charge is 0.347 e. The largest absolute Gasteiger partial charge is 0.416 e. The zero-order valence-corrected chi connectivity index (χ0v) is 12.9. The van der Waals surface area contributed by atoms with Crippen LogP contribution >= 0.6 is 0 Å². The second kappa shape index (κ2) is 4.85. The summed E-state index contributed by atoms with van der Waals surface area (Å²) in [5.74, 6) is -0.428. The normalized spacial score (nSPS) is 27.8. The zero-order chi connectivity index (χ0) is 17.0. The highest BCUT2D eigenvalue weighted by Gasteiger charge is 2.68. The van der Waals surface area contributed by atoms with Gasteiger partial charge in [-0.1, -0.05) is 36.4 Å². The third-order valence-corrected chi connectivity index (χ3v) is 5.25. The molecule has 0 spiro atoms. The van der Waals surface area contributed by atoms with Gasteiger partial charge < -0.3 is 5.32 Å². The Hall–Kier alpha value is -2.30. The number of benzene rings is 2. The van der Waals surface area contributed by atoms with E-state index in [4.69, 9.17) is 0 Å². The van der Waals surface area contributed by atoms with Crippen molar-refractivity contribution in [2.75, 3.05) is 0 Å². The summed E-state index contributed by atoms with van der Waals surface area (Å²) in [5, 5.41) is 2.94. The number of carbonyl (C=O) groups is 1. The fourth-order valence-electron chi connectivity index (χ4n) is 4.17. The molecule has 24 heavy (non-hydrogen) atoms. The summed E-state index contributed by atoms with van der Waals surface area (Å²) >= 11 is 0. The molecule has 0 unspecified atom stereocenters. The number of alkyl halides is 3. The Balaban J connectivity index is 1.45. The highest BCUT2D eigenvalue weighted by Crippen LogP contribution is 2.67. The van der Waals surface area contributed by atoms with Gasteiger partial charge in [0.2, 0.25) is 0 Å². The highest BCUT2D eigenvalue weighted by atomic mass is 19.4. The maximum Gasteiger partial charge on any atom is 0.416 e. The minimum absolute atomic E-state index is 0.0586. The SMILES string of the molecule is O=C(NC12CC(c3ccccc3)(C1)C2)c1cccc(C(F)(F)F)c1. The first-order valence-corrected chi connectivity index (χ1v) is 7.87. The lowest BCUT2D eigenvalue weighted by atomic mass is 9.37. The number of halogens is 3. The molecule has 3 saturated carbocycles. The molecule has 0 aliphatic heterocycles. The molecule has 3 aliphatic rings. The molecule has 1 amide bonds. The molecule has 2 nitrogen and oxygen atoms in total. The van der Waals surface area contributed by atoms with Gasteiger partial charge >= 0.3 is 6.18 Å². The van der Waals surface area contributed by atoms with E-state index in [1.54, 1.807) is 0 Å². The molecular formula is C19H16F3NO. The van der Waals surface area contributed by atoms with Crippen LogP contribution < -0.4 is 5.32 Å². The summed E-state index contributed by atoms with van der Waals surface area (Å²) in [6, 6.07) is 14.7. The fraction of sp³-hybridized carbons (Fsp3) is 0.316. The van der Waals surface area contributed by atoms with E-state index in [1.807, 2.05) is 18.2 Å². The van der Waals surface area contributed by atoms with E-state index >= 15 is 0 Å². The van der Waals surface area contributed by atoms with Crippen molar-refractivity contribution in [2.24, 2.45) is 0 Å². The Kier molecular flexibility index (Phi) is 3.08. The topological polar surface area (TPSA) is 29.1 Å². The molecule has 0 radical (unpaired) electrons. The Morgan fingerprint density at radius 2 is 1.62 bits per heavy atom. The van der Waals surface area contributed by atoms with Gasteiger partial charge in [-0.15, -0.1) is 0 Å². The summed E-state index contributed by atoms with van der Waals surface area (Å²) in [6.45, 7) is 0. The molecule has 0 atom stereocenters. The van der Waals surface area contributed by atoms with Crippen molar-refractivity contribution < 1.29 is 18.0 Å². The number of hydrogen-bond acceptors (Lipinski definition) is 1. The third kappa shape index (κ3) is 2.30. The third-order valence-electron chi connectivity index (χ3n) is 5.25. The van der Waals surface area contributed by atoms with Crippen molar-refractivity contribution >= 4 is 5.91 Å². The molecule has 2 aromatic rings. The lowest BCUT2D eigenvalue weighted by molar-refractivity contribution is -0.137. The zero-order valence-electron chi connectivity index (χ0n) is 12.9. The van der Waals surface area contributed by atoms with E-state index in [-0.39, 0.29) is 16.5 Å². The van der Waals surface area contributed by atoms with Crippen LogP contribution in [-0.4, -0.2) is 11.4 Å². The van der Waals surface area contributed by atoms with Crippen molar-refractivity contribution in [1.29, 1.82) is 0 Å². The first kappa shape index (κ1) is 15.2. The highest BCUT2D eigenvalue weighted by molar-refractivity contribution is 5.95. The molecule has 0 saturated heterocycles. The van der Waals surface area contributed by atoms with E-state index in [9.17, 15) is 18.0 Å². The Labute approximate surface area is 137 Å². The summed E-state index contributed by atoms with van der Waals surface area (Å²) in [4.78, 5) is 12.3. The van der Waals surface area contributed by atoms with Crippen LogP contribution in [0.3, 0.4) is 0 Å². The molecule has 5 rings (SSSR count). The number of rotatable bonds is 3. The lowest BCUT2D eigenvalue weighted by Crippen LogP contribution is -2.76. The molecule has 3 aliphatic carbocycles. The van der Waals surface area contributed by atoms with Gasteiger partial charge in [0, 0.05) is 16.5 Å². The standard InChI is InChI=1S/C19H16F3NO/c20-19(21,22)15-8-4-5-13(9-15)16(24)23-18-10-17(11-18,12-18)14-6-2-1-3-7-14/h1-9H,10-12H2,(H,23,24). The molecule has 2 bridgehead atoms. The van der Waals surface area contributed by atoms with Crippen molar-refractivity contribution in [3.05, 3.63) is 71.3 Å². The van der Waals surface area contributed by atoms with Gasteiger partial charge in [0.05, 0.1) is 5.56 Å². The van der Waals surface area contributed by atoms with Crippen LogP contribution in [0.2, 0.25) is 0 Å². The van der Waals surface area contributed by atoms with Crippen molar-refractivity contribution in [3.63, 3.8) is 0 Å². The summed E-state index contributed by atoms with van der Waals surface area (Å²) in [7, 11) is 0. The average molecular weight is 331 g/mol. The van der Waals surface area contributed by atoms with Crippen LogP contribution in [0.25, 0.3) is 0 Å². The monoisotopic (exact) mass is 331 g/mol. The molecule has 5 heteroatoms. The number of amides is 1. The van der Waals surface area contributed by atoms with Crippen LogP contribution in [0.4, 0.5) is 13.2 Å². The second-order valence-electron chi connectivity index (χ2n) is 6.99. The number of hydrogen-bond donors (Lipinski definition) is 1. The minimum Gasteiger partial charge on any atom is -0.347 e. The molecule has 3 fully saturated rings. The van der Waals surface area contributed by atoms with Gasteiger partial charge in [-0.05, 0) is 43.0 Å². The first-order valence-electron chi connectivity index (χ1n) is 7.87. The van der Waals surface area contributed by atoms with Crippen LogP contribution in [0.5, 0.6) is 0 Å². The van der Waals surface area contributed by atoms with E-state index in [0.29, 0.717) is 0 Å². The summed E-state index contributed by atoms with van der Waals surface area (Å²) in [5.41, 5.74) is 0.431.